The Balaban J connectivity index is 1.54. The van der Waals surface area contributed by atoms with Gasteiger partial charge < -0.3 is 21.4 Å². The number of carbonyl (C=O) groups excluding carboxylic acids is 2. The van der Waals surface area contributed by atoms with E-state index >= 15 is 0 Å². The van der Waals surface area contributed by atoms with Crippen molar-refractivity contribution in [3.63, 3.8) is 0 Å². The number of allylic oxidation sites excluding steroid dienone is 1. The molecule has 4 rings (SSSR count). The van der Waals surface area contributed by atoms with Crippen LogP contribution in [0, 0.1) is 0 Å². The third kappa shape index (κ3) is 4.70. The molecule has 0 spiro atoms. The first kappa shape index (κ1) is 25.7. The minimum absolute atomic E-state index is 0.0138. The summed E-state index contributed by atoms with van der Waals surface area (Å²) in [7, 11) is 0. The van der Waals surface area contributed by atoms with Crippen molar-refractivity contribution in [1.29, 1.82) is 0 Å². The molecule has 2 aromatic rings. The number of anilines is 1. The molecule has 36 heavy (non-hydrogen) atoms. The number of β-lactam (4-membered cyclic amide) rings is 1. The van der Waals surface area contributed by atoms with Gasteiger partial charge in [-0.2, -0.15) is 13.2 Å². The Bertz CT molecular complexity index is 1330. The number of nitrogens with one attached hydrogen (secondary N) is 1. The van der Waals surface area contributed by atoms with Crippen molar-refractivity contribution in [3.8, 4) is 0 Å². The lowest BCUT2D eigenvalue weighted by molar-refractivity contribution is -0.155. The van der Waals surface area contributed by atoms with Crippen LogP contribution < -0.4 is 11.1 Å². The van der Waals surface area contributed by atoms with Crippen LogP contribution in [-0.2, 0) is 20.6 Å². The number of thioether (sulfide) groups is 1. The largest absolute Gasteiger partial charge is 0.477 e. The molecule has 11 nitrogen and oxygen atoms in total. The van der Waals surface area contributed by atoms with Crippen molar-refractivity contribution in [3.05, 3.63) is 44.7 Å². The summed E-state index contributed by atoms with van der Waals surface area (Å²) in [6.45, 7) is 0. The van der Waals surface area contributed by atoms with Gasteiger partial charge in [-0.25, -0.2) is 9.78 Å². The van der Waals surface area contributed by atoms with Crippen molar-refractivity contribution >= 4 is 63.3 Å². The van der Waals surface area contributed by atoms with Crippen LogP contribution in [0.15, 0.2) is 39.0 Å². The van der Waals surface area contributed by atoms with E-state index in [1.807, 2.05) is 0 Å². The second kappa shape index (κ2) is 9.59. The number of fused-ring (bicyclic) bond motifs is 1. The lowest BCUT2D eigenvalue weighted by atomic mass is 9.86. The second-order valence-electron chi connectivity index (χ2n) is 7.44. The van der Waals surface area contributed by atoms with E-state index in [9.17, 15) is 37.9 Å². The molecule has 17 heteroatoms. The highest BCUT2D eigenvalue weighted by Crippen LogP contribution is 2.43. The van der Waals surface area contributed by atoms with Crippen LogP contribution in [0.2, 0.25) is 4.34 Å². The number of oxime groups is 1. The number of nitrogen functional groups attached to an aromatic ring is 1. The number of nitrogens with zero attached hydrogens (tertiary/aromatic N) is 4. The molecule has 5 N–H and O–H groups in total. The number of carbonyl (C=O) groups is 3. The van der Waals surface area contributed by atoms with Crippen LogP contribution >= 0.6 is 34.7 Å². The number of rotatable bonds is 6. The van der Waals surface area contributed by atoms with Gasteiger partial charge >= 0.3 is 12.1 Å². The van der Waals surface area contributed by atoms with Crippen molar-refractivity contribution in [2.75, 3.05) is 5.73 Å². The number of nitrogens with two attached hydrogens (primary N) is 1. The van der Waals surface area contributed by atoms with E-state index in [0.29, 0.717) is 0 Å². The monoisotopic (exact) mass is 562 g/mol. The number of aliphatic carboxylic acids is 1. The fourth-order valence-corrected chi connectivity index (χ4v) is 5.79. The van der Waals surface area contributed by atoms with E-state index in [1.165, 1.54) is 6.07 Å². The van der Waals surface area contributed by atoms with Gasteiger partial charge in [0, 0.05) is 16.0 Å². The third-order valence-corrected chi connectivity index (χ3v) is 7.50. The zero-order valence-corrected chi connectivity index (χ0v) is 20.0. The molecule has 1 unspecified atom stereocenters. The number of thiazole rings is 1. The first-order valence-corrected chi connectivity index (χ1v) is 11.9. The number of amides is 2. The molecule has 0 aliphatic carbocycles. The number of carboxylic acids is 1. The van der Waals surface area contributed by atoms with Gasteiger partial charge in [0.05, 0.1) is 6.04 Å². The molecule has 0 saturated carbocycles. The van der Waals surface area contributed by atoms with Gasteiger partial charge in [0.15, 0.2) is 10.8 Å². The van der Waals surface area contributed by atoms with Gasteiger partial charge in [0.25, 0.3) is 11.8 Å². The number of carboxylic acid groups (broad SMARTS) is 1. The minimum atomic E-state index is -4.68. The van der Waals surface area contributed by atoms with Crippen LogP contribution in [0.1, 0.15) is 24.2 Å². The number of alkyl halides is 3. The molecule has 2 atom stereocenters. The lowest BCUT2D eigenvalue weighted by Gasteiger charge is -2.50. The fraction of sp³-hybridized carbons (Fsp3) is 0.263. The van der Waals surface area contributed by atoms with E-state index in [0.717, 1.165) is 40.3 Å². The first-order valence-electron chi connectivity index (χ1n) is 9.88. The zero-order valence-electron chi connectivity index (χ0n) is 17.6. The van der Waals surface area contributed by atoms with Crippen LogP contribution in [0.25, 0.3) is 0 Å². The summed E-state index contributed by atoms with van der Waals surface area (Å²) in [6.07, 6.45) is -3.39. The number of pyridine rings is 1. The van der Waals surface area contributed by atoms with Crippen molar-refractivity contribution in [2.24, 2.45) is 5.16 Å². The number of hydrogen-bond donors (Lipinski definition) is 4. The summed E-state index contributed by atoms with van der Waals surface area (Å²) >= 11 is 7.58. The van der Waals surface area contributed by atoms with E-state index in [1.54, 1.807) is 0 Å². The summed E-state index contributed by atoms with van der Waals surface area (Å²) in [5, 5.41) is 24.3. The molecule has 2 aliphatic heterocycles. The molecule has 1 saturated heterocycles. The first-order chi connectivity index (χ1) is 16.9. The van der Waals surface area contributed by atoms with Gasteiger partial charge in [-0.15, -0.1) is 0 Å². The van der Waals surface area contributed by atoms with Crippen molar-refractivity contribution in [2.45, 2.75) is 36.0 Å². The van der Waals surface area contributed by atoms with Gasteiger partial charge in [0.2, 0.25) is 0 Å². The molecule has 0 aromatic carbocycles. The Morgan fingerprint density at radius 1 is 1.39 bits per heavy atom. The highest BCUT2D eigenvalue weighted by molar-refractivity contribution is 8.03. The number of hydrogen-bond acceptors (Lipinski definition) is 10. The predicted octanol–water partition coefficient (Wildman–Crippen LogP) is 2.55. The zero-order chi connectivity index (χ0) is 26.4. The van der Waals surface area contributed by atoms with E-state index < -0.39 is 47.4 Å². The molecular formula is C19H14ClF3N6O5S2. The maximum absolute atomic E-state index is 13.0. The fourth-order valence-electron chi connectivity index (χ4n) is 3.77. The van der Waals surface area contributed by atoms with E-state index in [2.05, 4.69) is 20.4 Å². The van der Waals surface area contributed by atoms with Crippen LogP contribution in [0.3, 0.4) is 0 Å². The Morgan fingerprint density at radius 2 is 2.11 bits per heavy atom. The molecule has 4 heterocycles. The summed E-state index contributed by atoms with van der Waals surface area (Å²) in [5.74, 6) is -3.19. The Kier molecular flexibility index (Phi) is 6.85. The van der Waals surface area contributed by atoms with Gasteiger partial charge in [-0.3, -0.25) is 19.5 Å². The lowest BCUT2D eigenvalue weighted by Crippen LogP contribution is -2.72. The Labute approximate surface area is 212 Å². The molecule has 2 aromatic heterocycles. The molecule has 2 aliphatic rings. The average Bonchev–Trinajstić information content (AvgIpc) is 3.14. The van der Waals surface area contributed by atoms with E-state index in [4.69, 9.17) is 17.3 Å². The van der Waals surface area contributed by atoms with Crippen molar-refractivity contribution in [1.82, 2.24) is 20.2 Å². The summed E-state index contributed by atoms with van der Waals surface area (Å²) in [5.41, 5.74) is 3.24. The summed E-state index contributed by atoms with van der Waals surface area (Å²) in [6, 6.07) is 0.209. The van der Waals surface area contributed by atoms with Crippen LogP contribution in [0.5, 0.6) is 0 Å². The Morgan fingerprint density at radius 3 is 2.69 bits per heavy atom. The number of aromatic nitrogens is 2. The molecule has 0 radical (unpaired) electrons. The topological polar surface area (TPSA) is 171 Å². The minimum Gasteiger partial charge on any atom is -0.477 e. The van der Waals surface area contributed by atoms with Gasteiger partial charge in [0.1, 0.15) is 27.5 Å². The van der Waals surface area contributed by atoms with Gasteiger partial charge in [-0.1, -0.05) is 39.9 Å². The normalized spacial score (nSPS) is 20.2. The maximum atomic E-state index is 13.0. The molecular weight excluding hydrogens is 549 g/mol. The molecule has 190 valence electrons. The highest BCUT2D eigenvalue weighted by Gasteiger charge is 2.54. The maximum Gasteiger partial charge on any atom is 0.433 e. The van der Waals surface area contributed by atoms with Crippen LogP contribution in [0.4, 0.5) is 18.3 Å². The predicted molar refractivity (Wildman–Crippen MR) is 121 cm³/mol. The Hall–Kier alpha value is -3.37. The van der Waals surface area contributed by atoms with E-state index in [-0.39, 0.29) is 43.5 Å². The highest BCUT2D eigenvalue weighted by atomic mass is 35.5. The third-order valence-electron chi connectivity index (χ3n) is 5.29. The second-order valence-corrected chi connectivity index (χ2v) is 10.2. The smallest absolute Gasteiger partial charge is 0.433 e. The SMILES string of the molecule is Nc1nc(/C(=N/O)C(=O)N[C@@H]2C(=O)N3C(C(=O)O)=C(Sc4ccnc(C(F)(F)F)c4)CCC23)c(Cl)s1. The van der Waals surface area contributed by atoms with Crippen LogP contribution in [-0.4, -0.2) is 60.8 Å². The summed E-state index contributed by atoms with van der Waals surface area (Å²) in [4.78, 5) is 45.8. The summed E-state index contributed by atoms with van der Waals surface area (Å²) < 4.78 is 38.9. The standard InChI is InChI=1S/C19H14ClF3N6O5S2/c20-14-11(27-18(24)36-14)12(28-34)15(30)26-10-7-1-2-8(13(17(32)33)29(7)16(10)31)35-6-3-4-25-9(5-6)19(21,22)23/h3-5,7,10,34H,1-2H2,(H2,24,27)(H,26,30)(H,32,33)/b28-12-/t7?,10-/m0/s1. The molecule has 0 bridgehead atoms. The number of halogens is 4. The quantitative estimate of drug-likeness (QED) is 0.179. The average molecular weight is 563 g/mol. The molecule has 1 fully saturated rings. The van der Waals surface area contributed by atoms with Crippen molar-refractivity contribution < 1.29 is 37.9 Å². The molecule has 2 amide bonds. The van der Waals surface area contributed by atoms with Gasteiger partial charge in [-0.05, 0) is 25.0 Å².